The Morgan fingerprint density at radius 1 is 0.900 bits per heavy atom. The van der Waals surface area contributed by atoms with Crippen molar-refractivity contribution in [2.75, 3.05) is 0 Å². The van der Waals surface area contributed by atoms with Crippen LogP contribution >= 0.6 is 0 Å². The second-order valence-electron chi connectivity index (χ2n) is 8.74. The van der Waals surface area contributed by atoms with Gasteiger partial charge in [0.05, 0.1) is 0 Å². The minimum Gasteiger partial charge on any atom is -0.201 e. The van der Waals surface area contributed by atoms with Crippen molar-refractivity contribution in [1.82, 2.24) is 0 Å². The third-order valence-corrected chi connectivity index (χ3v) is 6.47. The Kier molecular flexibility index (Phi) is 3.86. The molecule has 1 saturated carbocycles. The van der Waals surface area contributed by atoms with Gasteiger partial charge in [0, 0.05) is 26.8 Å². The summed E-state index contributed by atoms with van der Waals surface area (Å²) >= 11 is 0. The maximum absolute atomic E-state index is 9.27. The van der Waals surface area contributed by atoms with E-state index in [1.165, 1.54) is 0 Å². The van der Waals surface area contributed by atoms with Gasteiger partial charge in [-0.15, -0.1) is 0 Å². The lowest BCUT2D eigenvalue weighted by Gasteiger charge is -2.23. The molecule has 1 aliphatic rings. The van der Waals surface area contributed by atoms with E-state index in [1.807, 2.05) is 62.7 Å². The summed E-state index contributed by atoms with van der Waals surface area (Å²) in [7, 11) is 1.84. The summed E-state index contributed by atoms with van der Waals surface area (Å²) in [4.78, 5) is 0. The van der Waals surface area contributed by atoms with Gasteiger partial charge < -0.3 is 0 Å². The van der Waals surface area contributed by atoms with Crippen LogP contribution < -0.4 is 4.57 Å². The molecule has 0 bridgehead atoms. The van der Waals surface area contributed by atoms with E-state index < -0.39 is 19.6 Å². The molecule has 0 N–H and O–H groups in total. The molecule has 0 atom stereocenters. The van der Waals surface area contributed by atoms with E-state index in [0.29, 0.717) is 24.0 Å². The number of aryl methyl sites for hydroxylation is 5. The van der Waals surface area contributed by atoms with E-state index in [2.05, 4.69) is 0 Å². The molecular formula is C29H36N+. The third kappa shape index (κ3) is 3.83. The Bertz CT molecular complexity index is 1330. The lowest BCUT2D eigenvalue weighted by Crippen LogP contribution is -2.32. The van der Waals surface area contributed by atoms with Crippen LogP contribution in [0.5, 0.6) is 0 Å². The van der Waals surface area contributed by atoms with Gasteiger partial charge in [0.25, 0.3) is 0 Å². The van der Waals surface area contributed by atoms with Gasteiger partial charge in [-0.25, -0.2) is 4.57 Å². The van der Waals surface area contributed by atoms with Crippen molar-refractivity contribution in [1.29, 1.82) is 0 Å². The molecule has 1 aromatic heterocycles. The van der Waals surface area contributed by atoms with Crippen LogP contribution in [0.25, 0.3) is 22.4 Å². The van der Waals surface area contributed by atoms with E-state index in [0.717, 1.165) is 58.3 Å². The molecule has 30 heavy (non-hydrogen) atoms. The van der Waals surface area contributed by atoms with Gasteiger partial charge >= 0.3 is 0 Å². The highest BCUT2D eigenvalue weighted by Crippen LogP contribution is 2.38. The summed E-state index contributed by atoms with van der Waals surface area (Å²) < 4.78 is 60.2. The quantitative estimate of drug-likeness (QED) is 0.399. The smallest absolute Gasteiger partial charge is 0.201 e. The number of hydrogen-bond acceptors (Lipinski definition) is 0. The zero-order valence-corrected chi connectivity index (χ0v) is 18.5. The molecule has 0 saturated heterocycles. The summed E-state index contributed by atoms with van der Waals surface area (Å²) in [5.41, 5.74) is 7.17. The molecule has 1 heteroatoms. The molecule has 156 valence electrons. The van der Waals surface area contributed by atoms with Crippen molar-refractivity contribution in [3.05, 3.63) is 76.0 Å². The molecule has 1 aliphatic carbocycles. The maximum atomic E-state index is 9.27. The molecule has 2 aromatic carbocycles. The van der Waals surface area contributed by atoms with Crippen molar-refractivity contribution in [3.63, 3.8) is 0 Å². The van der Waals surface area contributed by atoms with E-state index in [1.54, 1.807) is 12.3 Å². The lowest BCUT2D eigenvalue weighted by atomic mass is 9.82. The Morgan fingerprint density at radius 2 is 1.60 bits per heavy atom. The van der Waals surface area contributed by atoms with Gasteiger partial charge in [0.15, 0.2) is 6.20 Å². The number of rotatable bonds is 3. The van der Waals surface area contributed by atoms with Gasteiger partial charge in [-0.2, -0.15) is 0 Å². The molecule has 1 nitrogen and oxygen atoms in total. The number of aromatic nitrogens is 1. The Balaban J connectivity index is 1.98. The highest BCUT2D eigenvalue weighted by atomic mass is 14.9. The molecule has 0 aliphatic heterocycles. The van der Waals surface area contributed by atoms with Crippen LogP contribution in [0.3, 0.4) is 0 Å². The highest BCUT2D eigenvalue weighted by Gasteiger charge is 2.23. The SMILES string of the molecule is [2H]C([2H])([2H])c1c[n+](C)c(-c2cccc(-c3c(C)cc(C)cc3C([2H])([2H])[2H])c2C)cc1C1([2H])CCCCC1. The van der Waals surface area contributed by atoms with Gasteiger partial charge in [-0.3, -0.25) is 0 Å². The van der Waals surface area contributed by atoms with Crippen LogP contribution in [-0.4, -0.2) is 0 Å². The van der Waals surface area contributed by atoms with Gasteiger partial charge in [0.2, 0.25) is 5.69 Å². The van der Waals surface area contributed by atoms with Crippen LogP contribution in [0, 0.1) is 34.5 Å². The van der Waals surface area contributed by atoms with E-state index >= 15 is 0 Å². The zero-order valence-electron chi connectivity index (χ0n) is 25.5. The Hall–Kier alpha value is -2.41. The summed E-state index contributed by atoms with van der Waals surface area (Å²) in [6.45, 7) is 1.26. The topological polar surface area (TPSA) is 3.88 Å². The van der Waals surface area contributed by atoms with Crippen molar-refractivity contribution >= 4 is 0 Å². The Morgan fingerprint density at radius 3 is 2.33 bits per heavy atom. The zero-order chi connectivity index (χ0) is 27.3. The molecule has 4 rings (SSSR count). The minimum atomic E-state index is -2.32. The number of pyridine rings is 1. The first-order chi connectivity index (χ1) is 17.1. The fourth-order valence-electron chi connectivity index (χ4n) is 4.97. The first-order valence-electron chi connectivity index (χ1n) is 14.4. The second-order valence-corrected chi connectivity index (χ2v) is 8.74. The number of hydrogen-bond donors (Lipinski definition) is 0. The van der Waals surface area contributed by atoms with Crippen LogP contribution in [0.1, 0.15) is 81.0 Å². The third-order valence-electron chi connectivity index (χ3n) is 6.47. The van der Waals surface area contributed by atoms with Crippen molar-refractivity contribution in [3.8, 4) is 22.4 Å². The first kappa shape index (κ1) is 13.8. The van der Waals surface area contributed by atoms with Crippen LogP contribution in [0.15, 0.2) is 42.6 Å². The second kappa shape index (κ2) is 8.38. The van der Waals surface area contributed by atoms with Crippen molar-refractivity contribution in [2.24, 2.45) is 7.05 Å². The van der Waals surface area contributed by atoms with Crippen molar-refractivity contribution < 1.29 is 14.2 Å². The molecular weight excluding hydrogens is 362 g/mol. The predicted octanol–water partition coefficient (Wildman–Crippen LogP) is 7.43. The normalized spacial score (nSPS) is 20.2. The van der Waals surface area contributed by atoms with E-state index in [-0.39, 0.29) is 5.56 Å². The first-order valence-corrected chi connectivity index (χ1v) is 10.9. The summed E-state index contributed by atoms with van der Waals surface area (Å²) in [6.07, 6.45) is 5.86. The molecule has 0 amide bonds. The van der Waals surface area contributed by atoms with Crippen LogP contribution in [0.4, 0.5) is 0 Å². The molecule has 0 spiro atoms. The predicted molar refractivity (Wildman–Crippen MR) is 128 cm³/mol. The molecule has 0 unspecified atom stereocenters. The minimum absolute atomic E-state index is 0.239. The average Bonchev–Trinajstić information content (AvgIpc) is 2.78. The van der Waals surface area contributed by atoms with Gasteiger partial charge in [-0.05, 0) is 92.7 Å². The van der Waals surface area contributed by atoms with Crippen LogP contribution in [0.2, 0.25) is 0 Å². The largest absolute Gasteiger partial charge is 0.212 e. The van der Waals surface area contributed by atoms with Gasteiger partial charge in [-0.1, -0.05) is 49.1 Å². The monoisotopic (exact) mass is 405 g/mol. The van der Waals surface area contributed by atoms with E-state index in [9.17, 15) is 1.37 Å². The molecule has 3 aromatic rings. The standard InChI is InChI=1S/C29H36N/c1-19-15-20(2)29(21(3)16-19)26-14-10-13-25(23(26)5)28-17-27(22(4)18-30(28)6)24-11-8-7-9-12-24/h10,13-18,24H,7-9,11-12H2,1-6H3/q+1/i2D3,4D3,24D. The highest BCUT2D eigenvalue weighted by molar-refractivity contribution is 5.80. The maximum Gasteiger partial charge on any atom is 0.212 e. The number of benzene rings is 2. The molecule has 0 radical (unpaired) electrons. The average molecular weight is 406 g/mol. The van der Waals surface area contributed by atoms with E-state index in [4.69, 9.17) is 8.22 Å². The molecule has 1 fully saturated rings. The fourth-order valence-corrected chi connectivity index (χ4v) is 4.97. The Labute approximate surface area is 192 Å². The summed E-state index contributed by atoms with van der Waals surface area (Å²) in [5, 5.41) is 0. The summed E-state index contributed by atoms with van der Waals surface area (Å²) in [6, 6.07) is 11.5. The van der Waals surface area contributed by atoms with Crippen LogP contribution in [-0.2, 0) is 7.05 Å². The van der Waals surface area contributed by atoms with Gasteiger partial charge in [0.1, 0.15) is 7.05 Å². The fraction of sp³-hybridized carbons (Fsp3) is 0.414. The number of nitrogens with zero attached hydrogens (tertiary/aromatic N) is 1. The molecule has 1 heterocycles. The van der Waals surface area contributed by atoms with Crippen molar-refractivity contribution in [2.45, 2.75) is 72.5 Å². The lowest BCUT2D eigenvalue weighted by molar-refractivity contribution is -0.660. The summed E-state index contributed by atoms with van der Waals surface area (Å²) in [5.74, 6) is -0.932.